The molecule has 0 aromatic carbocycles. The summed E-state index contributed by atoms with van der Waals surface area (Å²) >= 11 is 5.64. The minimum Gasteiger partial charge on any atom is -0.262 e. The Kier molecular flexibility index (Phi) is 3.47. The molecule has 0 radical (unpaired) electrons. The first-order valence-corrected chi connectivity index (χ1v) is 6.07. The van der Waals surface area contributed by atoms with Gasteiger partial charge in [0.1, 0.15) is 5.15 Å². The number of rotatable bonds is 3. The smallest absolute Gasteiger partial charge is 0.262 e. The van der Waals surface area contributed by atoms with E-state index in [0.29, 0.717) is 10.7 Å². The molecule has 1 heterocycles. The van der Waals surface area contributed by atoms with E-state index in [1.54, 1.807) is 19.1 Å². The molecule has 78 valence electrons. The molecule has 0 aliphatic heterocycles. The van der Waals surface area contributed by atoms with Crippen molar-refractivity contribution >= 4 is 21.7 Å². The third kappa shape index (κ3) is 3.61. The van der Waals surface area contributed by atoms with Crippen molar-refractivity contribution in [3.8, 4) is 0 Å². The van der Waals surface area contributed by atoms with Crippen LogP contribution in [0, 0.1) is 0 Å². The molecule has 1 rings (SSSR count). The highest BCUT2D eigenvalue weighted by molar-refractivity contribution is 7.86. The average molecular weight is 236 g/mol. The van der Waals surface area contributed by atoms with Crippen molar-refractivity contribution in [3.63, 3.8) is 0 Å². The third-order valence-electron chi connectivity index (χ3n) is 1.54. The van der Waals surface area contributed by atoms with E-state index in [4.69, 9.17) is 15.8 Å². The summed E-state index contributed by atoms with van der Waals surface area (Å²) in [6, 6.07) is 3.22. The maximum Gasteiger partial charge on any atom is 0.264 e. The van der Waals surface area contributed by atoms with E-state index in [0.717, 1.165) is 6.26 Å². The van der Waals surface area contributed by atoms with Gasteiger partial charge in [0.05, 0.1) is 12.4 Å². The highest BCUT2D eigenvalue weighted by Crippen LogP contribution is 2.20. The summed E-state index contributed by atoms with van der Waals surface area (Å²) in [5, 5.41) is 0.312. The summed E-state index contributed by atoms with van der Waals surface area (Å²) in [5.74, 6) is 0. The van der Waals surface area contributed by atoms with Crippen LogP contribution in [-0.4, -0.2) is 19.7 Å². The molecule has 14 heavy (non-hydrogen) atoms. The summed E-state index contributed by atoms with van der Waals surface area (Å²) in [4.78, 5) is 3.78. The minimum absolute atomic E-state index is 0.312. The first-order valence-electron chi connectivity index (χ1n) is 3.88. The van der Waals surface area contributed by atoms with E-state index in [-0.39, 0.29) is 0 Å². The topological polar surface area (TPSA) is 56.3 Å². The molecule has 6 heteroatoms. The lowest BCUT2D eigenvalue weighted by molar-refractivity contribution is 0.236. The second-order valence-corrected chi connectivity index (χ2v) is 4.84. The normalized spacial score (nSPS) is 13.9. The van der Waals surface area contributed by atoms with Gasteiger partial charge in [-0.05, 0) is 24.6 Å². The van der Waals surface area contributed by atoms with Gasteiger partial charge < -0.3 is 0 Å². The molecule has 0 saturated carbocycles. The van der Waals surface area contributed by atoms with Crippen LogP contribution < -0.4 is 0 Å². The van der Waals surface area contributed by atoms with E-state index in [1.807, 2.05) is 0 Å². The molecule has 1 aromatic heterocycles. The Morgan fingerprint density at radius 3 is 2.71 bits per heavy atom. The van der Waals surface area contributed by atoms with E-state index >= 15 is 0 Å². The maximum absolute atomic E-state index is 10.8. The molecule has 0 saturated heterocycles. The van der Waals surface area contributed by atoms with Crippen LogP contribution in [0.4, 0.5) is 0 Å². The Balaban J connectivity index is 2.85. The highest BCUT2D eigenvalue weighted by Gasteiger charge is 2.12. The Labute approximate surface area is 88.0 Å². The fourth-order valence-electron chi connectivity index (χ4n) is 0.988. The quantitative estimate of drug-likeness (QED) is 0.592. The van der Waals surface area contributed by atoms with Crippen LogP contribution in [0.2, 0.25) is 5.15 Å². The number of pyridine rings is 1. The van der Waals surface area contributed by atoms with Crippen molar-refractivity contribution in [1.82, 2.24) is 4.98 Å². The molecule has 0 aliphatic carbocycles. The molecule has 0 N–H and O–H groups in total. The minimum atomic E-state index is -3.45. The maximum atomic E-state index is 10.8. The Morgan fingerprint density at radius 2 is 2.21 bits per heavy atom. The molecular weight excluding hydrogens is 226 g/mol. The lowest BCUT2D eigenvalue weighted by Crippen LogP contribution is -2.07. The van der Waals surface area contributed by atoms with Gasteiger partial charge >= 0.3 is 0 Å². The zero-order chi connectivity index (χ0) is 10.8. The van der Waals surface area contributed by atoms with Crippen molar-refractivity contribution in [2.75, 3.05) is 6.26 Å². The standard InChI is InChI=1S/C8H10ClNO3S/c1-6(13-14(2,11)12)7-3-4-10-8(9)5-7/h3-6H,1-2H3/t6-/m1/s1. The number of nitrogens with zero attached hydrogens (tertiary/aromatic N) is 1. The van der Waals surface area contributed by atoms with Gasteiger partial charge in [-0.15, -0.1) is 0 Å². The zero-order valence-electron chi connectivity index (χ0n) is 7.77. The lowest BCUT2D eigenvalue weighted by atomic mass is 10.2. The van der Waals surface area contributed by atoms with Gasteiger partial charge in [0.2, 0.25) is 0 Å². The van der Waals surface area contributed by atoms with Crippen LogP contribution in [0.3, 0.4) is 0 Å². The second kappa shape index (κ2) is 4.25. The summed E-state index contributed by atoms with van der Waals surface area (Å²) < 4.78 is 26.4. The molecule has 0 fully saturated rings. The van der Waals surface area contributed by atoms with Crippen molar-refractivity contribution < 1.29 is 12.6 Å². The van der Waals surface area contributed by atoms with Crippen LogP contribution in [0.25, 0.3) is 0 Å². The van der Waals surface area contributed by atoms with Crippen molar-refractivity contribution in [2.45, 2.75) is 13.0 Å². The number of aromatic nitrogens is 1. The average Bonchev–Trinajstić information content (AvgIpc) is 2.01. The SMILES string of the molecule is C[C@@H](OS(C)(=O)=O)c1ccnc(Cl)c1. The van der Waals surface area contributed by atoms with Crippen molar-refractivity contribution in [1.29, 1.82) is 0 Å². The molecular formula is C8H10ClNO3S. The summed E-state index contributed by atoms with van der Waals surface area (Å²) in [6.45, 7) is 1.63. The van der Waals surface area contributed by atoms with Gasteiger partial charge in [-0.3, -0.25) is 4.18 Å². The van der Waals surface area contributed by atoms with Crippen LogP contribution in [-0.2, 0) is 14.3 Å². The predicted molar refractivity (Wildman–Crippen MR) is 53.6 cm³/mol. The number of hydrogen-bond donors (Lipinski definition) is 0. The highest BCUT2D eigenvalue weighted by atomic mass is 35.5. The fourth-order valence-corrected chi connectivity index (χ4v) is 1.81. The second-order valence-electron chi connectivity index (χ2n) is 2.85. The summed E-state index contributed by atoms with van der Waals surface area (Å²) in [5.41, 5.74) is 0.676. The summed E-state index contributed by atoms with van der Waals surface area (Å²) in [7, 11) is -3.45. The molecule has 0 bridgehead atoms. The van der Waals surface area contributed by atoms with Crippen molar-refractivity contribution in [2.24, 2.45) is 0 Å². The molecule has 1 atom stereocenters. The number of halogens is 1. The Bertz CT molecular complexity index is 418. The van der Waals surface area contributed by atoms with Crippen LogP contribution >= 0.6 is 11.6 Å². The largest absolute Gasteiger partial charge is 0.264 e. The van der Waals surface area contributed by atoms with E-state index in [1.165, 1.54) is 6.20 Å². The first kappa shape index (κ1) is 11.4. The molecule has 1 aromatic rings. The van der Waals surface area contributed by atoms with Crippen LogP contribution in [0.15, 0.2) is 18.3 Å². The van der Waals surface area contributed by atoms with E-state index < -0.39 is 16.2 Å². The van der Waals surface area contributed by atoms with Crippen LogP contribution in [0.5, 0.6) is 0 Å². The number of hydrogen-bond acceptors (Lipinski definition) is 4. The van der Waals surface area contributed by atoms with Crippen LogP contribution in [0.1, 0.15) is 18.6 Å². The molecule has 0 amide bonds. The van der Waals surface area contributed by atoms with Gasteiger partial charge in [0, 0.05) is 6.20 Å². The zero-order valence-corrected chi connectivity index (χ0v) is 9.34. The van der Waals surface area contributed by atoms with E-state index in [9.17, 15) is 8.42 Å². The lowest BCUT2D eigenvalue weighted by Gasteiger charge is -2.10. The molecule has 0 spiro atoms. The Hall–Kier alpha value is -0.650. The third-order valence-corrected chi connectivity index (χ3v) is 2.38. The van der Waals surface area contributed by atoms with Crippen molar-refractivity contribution in [3.05, 3.63) is 29.0 Å². The van der Waals surface area contributed by atoms with Gasteiger partial charge in [-0.2, -0.15) is 8.42 Å². The summed E-state index contributed by atoms with van der Waals surface area (Å²) in [6.07, 6.45) is 1.96. The molecule has 4 nitrogen and oxygen atoms in total. The van der Waals surface area contributed by atoms with E-state index in [2.05, 4.69) is 4.98 Å². The van der Waals surface area contributed by atoms with Gasteiger partial charge in [-0.25, -0.2) is 4.98 Å². The van der Waals surface area contributed by atoms with Gasteiger partial charge in [0.25, 0.3) is 10.1 Å². The van der Waals surface area contributed by atoms with Gasteiger partial charge in [0.15, 0.2) is 0 Å². The van der Waals surface area contributed by atoms with Gasteiger partial charge in [-0.1, -0.05) is 11.6 Å². The molecule has 0 unspecified atom stereocenters. The predicted octanol–water partition coefficient (Wildman–Crippen LogP) is 1.77. The Morgan fingerprint density at radius 1 is 1.57 bits per heavy atom. The monoisotopic (exact) mass is 235 g/mol. The molecule has 0 aliphatic rings. The first-order chi connectivity index (χ1) is 6.38. The fraction of sp³-hybridized carbons (Fsp3) is 0.375.